The van der Waals surface area contributed by atoms with Crippen molar-refractivity contribution in [3.63, 3.8) is 0 Å². The van der Waals surface area contributed by atoms with Gasteiger partial charge >= 0.3 is 0 Å². The van der Waals surface area contributed by atoms with E-state index in [9.17, 15) is 9.59 Å². The molecule has 6 nitrogen and oxygen atoms in total. The number of carbonyl (C=O) groups excluding carboxylic acids is 2. The molecule has 27 heavy (non-hydrogen) atoms. The van der Waals surface area contributed by atoms with E-state index in [1.54, 1.807) is 0 Å². The first-order chi connectivity index (χ1) is 13.2. The van der Waals surface area contributed by atoms with Crippen LogP contribution in [0.25, 0.3) is 0 Å². The summed E-state index contributed by atoms with van der Waals surface area (Å²) in [6.45, 7) is 3.59. The average molecular weight is 372 g/mol. The SMILES string of the molecule is O=C(c1ccccc1)N(CC1CCCO1)CC1CN(C(=O)C2CC2)CCO1. The Kier molecular flexibility index (Phi) is 5.74. The molecule has 1 aliphatic carbocycles. The number of benzene rings is 1. The number of carbonyl (C=O) groups is 2. The third-order valence-electron chi connectivity index (χ3n) is 5.56. The summed E-state index contributed by atoms with van der Waals surface area (Å²) in [6, 6.07) is 9.35. The monoisotopic (exact) mass is 372 g/mol. The van der Waals surface area contributed by atoms with E-state index in [4.69, 9.17) is 9.47 Å². The Morgan fingerprint density at radius 2 is 1.74 bits per heavy atom. The van der Waals surface area contributed by atoms with Crippen molar-refractivity contribution >= 4 is 11.8 Å². The molecule has 2 atom stereocenters. The highest BCUT2D eigenvalue weighted by Crippen LogP contribution is 2.31. The standard InChI is InChI=1S/C21H28N2O4/c24-20(17-8-9-17)22-10-12-27-19(14-22)15-23(13-18-7-4-11-26-18)21(25)16-5-2-1-3-6-16/h1-3,5-6,17-19H,4,7-15H2. The zero-order valence-corrected chi connectivity index (χ0v) is 15.7. The highest BCUT2D eigenvalue weighted by atomic mass is 16.5. The van der Waals surface area contributed by atoms with E-state index in [0.717, 1.165) is 32.3 Å². The second-order valence-electron chi connectivity index (χ2n) is 7.76. The first-order valence-electron chi connectivity index (χ1n) is 10.1. The van der Waals surface area contributed by atoms with Crippen LogP contribution in [0.5, 0.6) is 0 Å². The lowest BCUT2D eigenvalue weighted by Gasteiger charge is -2.36. The summed E-state index contributed by atoms with van der Waals surface area (Å²) in [5.41, 5.74) is 0.678. The quantitative estimate of drug-likeness (QED) is 0.766. The van der Waals surface area contributed by atoms with Crippen molar-refractivity contribution < 1.29 is 19.1 Å². The van der Waals surface area contributed by atoms with Crippen LogP contribution in [0, 0.1) is 5.92 Å². The molecule has 2 amide bonds. The summed E-state index contributed by atoms with van der Waals surface area (Å²) < 4.78 is 11.7. The fourth-order valence-corrected chi connectivity index (χ4v) is 3.90. The van der Waals surface area contributed by atoms with Crippen LogP contribution in [0.15, 0.2) is 30.3 Å². The molecule has 6 heteroatoms. The lowest BCUT2D eigenvalue weighted by atomic mass is 10.1. The second kappa shape index (κ2) is 8.40. The van der Waals surface area contributed by atoms with E-state index >= 15 is 0 Å². The predicted octanol–water partition coefficient (Wildman–Crippen LogP) is 1.95. The highest BCUT2D eigenvalue weighted by molar-refractivity contribution is 5.94. The zero-order valence-electron chi connectivity index (χ0n) is 15.7. The molecular weight excluding hydrogens is 344 g/mol. The van der Waals surface area contributed by atoms with Gasteiger partial charge in [0.25, 0.3) is 5.91 Å². The normalized spacial score (nSPS) is 25.4. The van der Waals surface area contributed by atoms with Crippen molar-refractivity contribution in [2.45, 2.75) is 37.9 Å². The van der Waals surface area contributed by atoms with Crippen LogP contribution in [0.1, 0.15) is 36.0 Å². The van der Waals surface area contributed by atoms with E-state index in [0.29, 0.717) is 38.3 Å². The summed E-state index contributed by atoms with van der Waals surface area (Å²) >= 11 is 0. The molecule has 0 aromatic heterocycles. The van der Waals surface area contributed by atoms with Gasteiger partial charge in [0.1, 0.15) is 0 Å². The van der Waals surface area contributed by atoms with Crippen molar-refractivity contribution in [2.75, 3.05) is 39.4 Å². The molecule has 1 aromatic rings. The Morgan fingerprint density at radius 3 is 2.44 bits per heavy atom. The molecule has 0 bridgehead atoms. The Hall–Kier alpha value is -1.92. The molecule has 4 rings (SSSR count). The van der Waals surface area contributed by atoms with E-state index < -0.39 is 0 Å². The van der Waals surface area contributed by atoms with Gasteiger partial charge in [-0.2, -0.15) is 0 Å². The number of rotatable bonds is 6. The third kappa shape index (κ3) is 4.68. The molecule has 0 spiro atoms. The van der Waals surface area contributed by atoms with Crippen molar-refractivity contribution in [3.05, 3.63) is 35.9 Å². The van der Waals surface area contributed by atoms with E-state index in [-0.39, 0.29) is 29.9 Å². The first kappa shape index (κ1) is 18.4. The lowest BCUT2D eigenvalue weighted by molar-refractivity contribution is -0.140. The van der Waals surface area contributed by atoms with E-state index in [2.05, 4.69) is 0 Å². The van der Waals surface area contributed by atoms with Crippen molar-refractivity contribution in [1.29, 1.82) is 0 Å². The number of hydrogen-bond acceptors (Lipinski definition) is 4. The molecule has 146 valence electrons. The van der Waals surface area contributed by atoms with Gasteiger partial charge in [0.15, 0.2) is 0 Å². The summed E-state index contributed by atoms with van der Waals surface area (Å²) in [4.78, 5) is 29.2. The van der Waals surface area contributed by atoms with Gasteiger partial charge in [0.05, 0.1) is 18.8 Å². The number of ether oxygens (including phenoxy) is 2. The Labute approximate surface area is 160 Å². The lowest BCUT2D eigenvalue weighted by Crippen LogP contribution is -2.52. The molecule has 0 radical (unpaired) electrons. The van der Waals surface area contributed by atoms with Crippen LogP contribution in [-0.2, 0) is 14.3 Å². The van der Waals surface area contributed by atoms with Gasteiger partial charge in [-0.05, 0) is 37.8 Å². The fourth-order valence-electron chi connectivity index (χ4n) is 3.90. The molecule has 1 saturated carbocycles. The smallest absolute Gasteiger partial charge is 0.254 e. The van der Waals surface area contributed by atoms with E-state index in [1.165, 1.54) is 0 Å². The van der Waals surface area contributed by atoms with Crippen LogP contribution >= 0.6 is 0 Å². The Balaban J connectivity index is 1.42. The van der Waals surface area contributed by atoms with Gasteiger partial charge < -0.3 is 19.3 Å². The molecule has 3 aliphatic rings. The number of hydrogen-bond donors (Lipinski definition) is 0. The van der Waals surface area contributed by atoms with Gasteiger partial charge in [0.2, 0.25) is 5.91 Å². The maximum absolute atomic E-state index is 13.1. The van der Waals surface area contributed by atoms with Crippen molar-refractivity contribution in [2.24, 2.45) is 5.92 Å². The van der Waals surface area contributed by atoms with Crippen LogP contribution in [0.3, 0.4) is 0 Å². The first-order valence-corrected chi connectivity index (χ1v) is 10.1. The average Bonchev–Trinajstić information content (AvgIpc) is 3.44. The minimum Gasteiger partial charge on any atom is -0.376 e. The number of amides is 2. The molecule has 2 heterocycles. The highest BCUT2D eigenvalue weighted by Gasteiger charge is 2.36. The van der Waals surface area contributed by atoms with Gasteiger partial charge in [-0.25, -0.2) is 0 Å². The number of nitrogens with zero attached hydrogens (tertiary/aromatic N) is 2. The van der Waals surface area contributed by atoms with Gasteiger partial charge in [-0.1, -0.05) is 18.2 Å². The second-order valence-corrected chi connectivity index (χ2v) is 7.76. The Morgan fingerprint density at radius 1 is 1.00 bits per heavy atom. The zero-order chi connectivity index (χ0) is 18.6. The van der Waals surface area contributed by atoms with Crippen LogP contribution in [0.2, 0.25) is 0 Å². The molecule has 2 unspecified atom stereocenters. The predicted molar refractivity (Wildman–Crippen MR) is 100 cm³/mol. The van der Waals surface area contributed by atoms with Crippen LogP contribution in [0.4, 0.5) is 0 Å². The summed E-state index contributed by atoms with van der Waals surface area (Å²) in [5.74, 6) is 0.474. The summed E-state index contributed by atoms with van der Waals surface area (Å²) in [6.07, 6.45) is 4.00. The van der Waals surface area contributed by atoms with Crippen molar-refractivity contribution in [3.8, 4) is 0 Å². The van der Waals surface area contributed by atoms with E-state index in [1.807, 2.05) is 40.1 Å². The molecule has 1 aromatic carbocycles. The molecular formula is C21H28N2O4. The summed E-state index contributed by atoms with van der Waals surface area (Å²) in [7, 11) is 0. The molecule has 3 fully saturated rings. The third-order valence-corrected chi connectivity index (χ3v) is 5.56. The van der Waals surface area contributed by atoms with Gasteiger partial charge in [0, 0.05) is 44.3 Å². The minimum atomic E-state index is -0.143. The van der Waals surface area contributed by atoms with Crippen LogP contribution in [-0.4, -0.2) is 73.2 Å². The molecule has 2 saturated heterocycles. The molecule has 0 N–H and O–H groups in total. The fraction of sp³-hybridized carbons (Fsp3) is 0.619. The minimum absolute atomic E-state index is 0.000318. The largest absolute Gasteiger partial charge is 0.376 e. The topological polar surface area (TPSA) is 59.1 Å². The Bertz CT molecular complexity index is 655. The van der Waals surface area contributed by atoms with Gasteiger partial charge in [-0.3, -0.25) is 9.59 Å². The maximum atomic E-state index is 13.1. The van der Waals surface area contributed by atoms with Crippen molar-refractivity contribution in [1.82, 2.24) is 9.80 Å². The maximum Gasteiger partial charge on any atom is 0.254 e. The van der Waals surface area contributed by atoms with Gasteiger partial charge in [-0.15, -0.1) is 0 Å². The van der Waals surface area contributed by atoms with Crippen LogP contribution < -0.4 is 0 Å². The number of morpholine rings is 1. The summed E-state index contributed by atoms with van der Waals surface area (Å²) in [5, 5.41) is 0. The molecule has 2 aliphatic heterocycles.